The summed E-state index contributed by atoms with van der Waals surface area (Å²) in [6, 6.07) is 0. The van der Waals surface area contributed by atoms with E-state index in [1.54, 1.807) is 0 Å². The summed E-state index contributed by atoms with van der Waals surface area (Å²) >= 11 is 0. The van der Waals surface area contributed by atoms with E-state index >= 15 is 0 Å². The van der Waals surface area contributed by atoms with Crippen molar-refractivity contribution in [1.82, 2.24) is 0 Å². The molecular formula is C9H14O3. The Balaban J connectivity index is 3.16. The molecule has 0 aliphatic heterocycles. The third kappa shape index (κ3) is 7.10. The van der Waals surface area contributed by atoms with Gasteiger partial charge in [-0.1, -0.05) is 5.92 Å². The third-order valence-electron chi connectivity index (χ3n) is 1.36. The minimum atomic E-state index is -0.176. The molecule has 0 unspecified atom stereocenters. The predicted octanol–water partition coefficient (Wildman–Crippen LogP) is 0.715. The van der Waals surface area contributed by atoms with Crippen LogP contribution in [-0.2, 0) is 9.53 Å². The maximum absolute atomic E-state index is 10.6. The minimum Gasteiger partial charge on any atom is -0.469 e. The lowest BCUT2D eigenvalue weighted by Gasteiger charge is -1.95. The van der Waals surface area contributed by atoms with Crippen molar-refractivity contribution in [3.63, 3.8) is 0 Å². The Morgan fingerprint density at radius 1 is 1.42 bits per heavy atom. The van der Waals surface area contributed by atoms with E-state index in [9.17, 15) is 4.79 Å². The van der Waals surface area contributed by atoms with Gasteiger partial charge in [-0.2, -0.15) is 0 Å². The van der Waals surface area contributed by atoms with Gasteiger partial charge in [0.2, 0.25) is 0 Å². The van der Waals surface area contributed by atoms with Crippen LogP contribution in [0.1, 0.15) is 25.7 Å². The molecule has 0 spiro atoms. The van der Waals surface area contributed by atoms with Gasteiger partial charge in [0, 0.05) is 12.8 Å². The molecule has 0 atom stereocenters. The van der Waals surface area contributed by atoms with Gasteiger partial charge in [-0.15, -0.1) is 5.92 Å². The van der Waals surface area contributed by atoms with Gasteiger partial charge in [0.05, 0.1) is 7.11 Å². The second-order valence-corrected chi connectivity index (χ2v) is 2.29. The number of aliphatic hydroxyl groups is 1. The first-order valence-corrected chi connectivity index (χ1v) is 3.94. The Hall–Kier alpha value is -1.01. The Bertz CT molecular complexity index is 176. The van der Waals surface area contributed by atoms with Crippen LogP contribution in [0.2, 0.25) is 0 Å². The highest BCUT2D eigenvalue weighted by molar-refractivity contribution is 5.68. The Kier molecular flexibility index (Phi) is 7.41. The van der Waals surface area contributed by atoms with Crippen LogP contribution in [0.3, 0.4) is 0 Å². The maximum Gasteiger partial charge on any atom is 0.305 e. The fourth-order valence-corrected chi connectivity index (χ4v) is 0.729. The molecule has 0 amide bonds. The van der Waals surface area contributed by atoms with Crippen LogP contribution in [0.25, 0.3) is 0 Å². The molecule has 0 bridgehead atoms. The molecule has 0 saturated carbocycles. The van der Waals surface area contributed by atoms with Crippen LogP contribution in [0.15, 0.2) is 0 Å². The van der Waals surface area contributed by atoms with E-state index in [0.29, 0.717) is 6.42 Å². The Morgan fingerprint density at radius 3 is 2.75 bits per heavy atom. The lowest BCUT2D eigenvalue weighted by molar-refractivity contribution is -0.140. The van der Waals surface area contributed by atoms with Crippen molar-refractivity contribution in [3.05, 3.63) is 0 Å². The molecule has 0 rings (SSSR count). The van der Waals surface area contributed by atoms with Crippen molar-refractivity contribution in [2.45, 2.75) is 25.7 Å². The van der Waals surface area contributed by atoms with Crippen molar-refractivity contribution in [3.8, 4) is 11.8 Å². The number of esters is 1. The molecule has 3 nitrogen and oxygen atoms in total. The number of hydrogen-bond donors (Lipinski definition) is 1. The van der Waals surface area contributed by atoms with Crippen LogP contribution in [0.4, 0.5) is 0 Å². The highest BCUT2D eigenvalue weighted by atomic mass is 16.5. The number of hydrogen-bond acceptors (Lipinski definition) is 3. The van der Waals surface area contributed by atoms with E-state index < -0.39 is 0 Å². The van der Waals surface area contributed by atoms with Crippen molar-refractivity contribution >= 4 is 5.97 Å². The first-order valence-electron chi connectivity index (χ1n) is 3.94. The Morgan fingerprint density at radius 2 is 2.17 bits per heavy atom. The Labute approximate surface area is 72.7 Å². The lowest BCUT2D eigenvalue weighted by Crippen LogP contribution is -1.98. The largest absolute Gasteiger partial charge is 0.469 e. The second-order valence-electron chi connectivity index (χ2n) is 2.29. The normalized spacial score (nSPS) is 8.50. The number of rotatable bonds is 4. The fraction of sp³-hybridized carbons (Fsp3) is 0.667. The van der Waals surface area contributed by atoms with Gasteiger partial charge in [-0.05, 0) is 12.8 Å². The summed E-state index contributed by atoms with van der Waals surface area (Å²) in [5.74, 6) is 5.14. The average molecular weight is 170 g/mol. The summed E-state index contributed by atoms with van der Waals surface area (Å²) < 4.78 is 4.46. The van der Waals surface area contributed by atoms with E-state index in [1.165, 1.54) is 7.11 Å². The molecule has 0 heterocycles. The average Bonchev–Trinajstić information content (AvgIpc) is 2.10. The predicted molar refractivity (Wildman–Crippen MR) is 45.3 cm³/mol. The van der Waals surface area contributed by atoms with E-state index in [2.05, 4.69) is 16.6 Å². The number of aliphatic hydroxyl groups excluding tert-OH is 1. The molecule has 68 valence electrons. The topological polar surface area (TPSA) is 46.5 Å². The smallest absolute Gasteiger partial charge is 0.305 e. The zero-order valence-electron chi connectivity index (χ0n) is 7.30. The van der Waals surface area contributed by atoms with Crippen LogP contribution in [0.5, 0.6) is 0 Å². The van der Waals surface area contributed by atoms with Gasteiger partial charge >= 0.3 is 5.97 Å². The highest BCUT2D eigenvalue weighted by Crippen LogP contribution is 1.99. The summed E-state index contributed by atoms with van der Waals surface area (Å²) in [6.07, 6.45) is 2.86. The van der Waals surface area contributed by atoms with Crippen LogP contribution in [-0.4, -0.2) is 24.8 Å². The first kappa shape index (κ1) is 11.0. The van der Waals surface area contributed by atoms with Gasteiger partial charge in [-0.25, -0.2) is 0 Å². The molecule has 0 aromatic heterocycles. The van der Waals surface area contributed by atoms with Crippen molar-refractivity contribution in [2.75, 3.05) is 13.7 Å². The van der Waals surface area contributed by atoms with E-state index in [0.717, 1.165) is 19.3 Å². The van der Waals surface area contributed by atoms with Gasteiger partial charge in [0.1, 0.15) is 6.61 Å². The third-order valence-corrected chi connectivity index (χ3v) is 1.36. The van der Waals surface area contributed by atoms with Gasteiger partial charge in [0.25, 0.3) is 0 Å². The zero-order valence-corrected chi connectivity index (χ0v) is 7.30. The van der Waals surface area contributed by atoms with Gasteiger partial charge < -0.3 is 9.84 Å². The molecule has 3 heteroatoms. The maximum atomic E-state index is 10.6. The summed E-state index contributed by atoms with van der Waals surface area (Å²) in [5.41, 5.74) is 0. The zero-order chi connectivity index (χ0) is 9.23. The minimum absolute atomic E-state index is 0.0863. The van der Waals surface area contributed by atoms with Gasteiger partial charge in [-0.3, -0.25) is 4.79 Å². The number of ether oxygens (including phenoxy) is 1. The van der Waals surface area contributed by atoms with Crippen molar-refractivity contribution < 1.29 is 14.6 Å². The van der Waals surface area contributed by atoms with Gasteiger partial charge in [0.15, 0.2) is 0 Å². The fourth-order valence-electron chi connectivity index (χ4n) is 0.729. The number of carbonyl (C=O) groups excluding carboxylic acids is 1. The van der Waals surface area contributed by atoms with Crippen molar-refractivity contribution in [1.29, 1.82) is 0 Å². The molecule has 0 radical (unpaired) electrons. The quantitative estimate of drug-likeness (QED) is 0.384. The monoisotopic (exact) mass is 170 g/mol. The standard InChI is InChI=1S/C9H14O3/c1-12-9(11)7-5-3-2-4-6-8-10/h10H,2-3,5,7-8H2,1H3. The first-order chi connectivity index (χ1) is 5.81. The second kappa shape index (κ2) is 8.09. The van der Waals surface area contributed by atoms with Crippen LogP contribution >= 0.6 is 0 Å². The molecule has 12 heavy (non-hydrogen) atoms. The molecule has 0 saturated heterocycles. The number of carbonyl (C=O) groups is 1. The summed E-state index contributed by atoms with van der Waals surface area (Å²) in [6.45, 7) is -0.0863. The number of unbranched alkanes of at least 4 members (excludes halogenated alkanes) is 2. The summed E-state index contributed by atoms with van der Waals surface area (Å²) in [7, 11) is 1.38. The molecule has 1 N–H and O–H groups in total. The molecular weight excluding hydrogens is 156 g/mol. The molecule has 0 aromatic rings. The number of methoxy groups -OCH3 is 1. The molecule has 0 aromatic carbocycles. The molecule has 0 aliphatic rings. The van der Waals surface area contributed by atoms with E-state index in [4.69, 9.17) is 5.11 Å². The molecule has 0 aliphatic carbocycles. The summed E-state index contributed by atoms with van der Waals surface area (Å²) in [5, 5.41) is 8.30. The summed E-state index contributed by atoms with van der Waals surface area (Å²) in [4.78, 5) is 10.6. The highest BCUT2D eigenvalue weighted by Gasteiger charge is 1.97. The van der Waals surface area contributed by atoms with Crippen LogP contribution < -0.4 is 0 Å². The van der Waals surface area contributed by atoms with Crippen LogP contribution in [0, 0.1) is 11.8 Å². The van der Waals surface area contributed by atoms with E-state index in [-0.39, 0.29) is 12.6 Å². The molecule has 0 fully saturated rings. The SMILES string of the molecule is COC(=O)CCCCC#CCO. The lowest BCUT2D eigenvalue weighted by atomic mass is 10.2. The van der Waals surface area contributed by atoms with Crippen molar-refractivity contribution in [2.24, 2.45) is 0 Å². The van der Waals surface area contributed by atoms with E-state index in [1.807, 2.05) is 0 Å².